The van der Waals surface area contributed by atoms with Gasteiger partial charge in [0.05, 0.1) is 5.69 Å². The third-order valence-corrected chi connectivity index (χ3v) is 4.53. The number of carbonyl (C=O) groups excluding carboxylic acids is 2. The van der Waals surface area contributed by atoms with E-state index in [-0.39, 0.29) is 24.2 Å². The molecule has 23 heavy (non-hydrogen) atoms. The predicted octanol–water partition coefficient (Wildman–Crippen LogP) is 1.47. The van der Waals surface area contributed by atoms with E-state index in [9.17, 15) is 14.0 Å². The standard InChI is InChI=1S/C15H15FN4O2S/c1-10-14(23-18-17-10)15(22)20-6-5-19(13(21)9-20)8-11-3-2-4-12(16)7-11/h2-4,7H,5-6,8-9H2,1H3. The second-order valence-corrected chi connectivity index (χ2v) is 6.11. The smallest absolute Gasteiger partial charge is 0.268 e. The van der Waals surface area contributed by atoms with E-state index in [0.29, 0.717) is 30.2 Å². The van der Waals surface area contributed by atoms with Gasteiger partial charge >= 0.3 is 0 Å². The third kappa shape index (κ3) is 3.37. The van der Waals surface area contributed by atoms with E-state index in [4.69, 9.17) is 0 Å². The van der Waals surface area contributed by atoms with E-state index in [1.807, 2.05) is 0 Å². The number of hydrogen-bond acceptors (Lipinski definition) is 5. The van der Waals surface area contributed by atoms with Crippen LogP contribution in [0.1, 0.15) is 20.9 Å². The molecule has 120 valence electrons. The van der Waals surface area contributed by atoms with Crippen LogP contribution in [0, 0.1) is 12.7 Å². The van der Waals surface area contributed by atoms with Gasteiger partial charge in [-0.2, -0.15) is 0 Å². The first-order valence-electron chi connectivity index (χ1n) is 7.15. The molecule has 0 saturated carbocycles. The fourth-order valence-corrected chi connectivity index (χ4v) is 3.10. The van der Waals surface area contributed by atoms with E-state index in [2.05, 4.69) is 9.59 Å². The minimum atomic E-state index is -0.322. The minimum Gasteiger partial charge on any atom is -0.335 e. The number of carbonyl (C=O) groups is 2. The highest BCUT2D eigenvalue weighted by Gasteiger charge is 2.29. The highest BCUT2D eigenvalue weighted by atomic mass is 32.1. The van der Waals surface area contributed by atoms with Gasteiger partial charge in [0.1, 0.15) is 17.2 Å². The topological polar surface area (TPSA) is 66.4 Å². The summed E-state index contributed by atoms with van der Waals surface area (Å²) in [6.45, 7) is 2.95. The van der Waals surface area contributed by atoms with Gasteiger partial charge in [0.25, 0.3) is 5.91 Å². The second kappa shape index (κ2) is 6.41. The lowest BCUT2D eigenvalue weighted by Crippen LogP contribution is -2.51. The van der Waals surface area contributed by atoms with Crippen molar-refractivity contribution in [1.82, 2.24) is 19.4 Å². The molecule has 1 aromatic heterocycles. The van der Waals surface area contributed by atoms with E-state index in [1.165, 1.54) is 17.0 Å². The van der Waals surface area contributed by atoms with Gasteiger partial charge in [0.2, 0.25) is 5.91 Å². The Morgan fingerprint density at radius 3 is 2.87 bits per heavy atom. The molecule has 6 nitrogen and oxygen atoms in total. The number of hydrogen-bond donors (Lipinski definition) is 0. The summed E-state index contributed by atoms with van der Waals surface area (Å²) >= 11 is 1.04. The molecule has 1 aliphatic heterocycles. The molecule has 0 aliphatic carbocycles. The van der Waals surface area contributed by atoms with E-state index in [0.717, 1.165) is 17.1 Å². The number of amides is 2. The van der Waals surface area contributed by atoms with Crippen LogP contribution in [0.2, 0.25) is 0 Å². The van der Waals surface area contributed by atoms with Crippen LogP contribution in [0.5, 0.6) is 0 Å². The van der Waals surface area contributed by atoms with E-state index < -0.39 is 0 Å². The van der Waals surface area contributed by atoms with Gasteiger partial charge in [-0.15, -0.1) is 5.10 Å². The van der Waals surface area contributed by atoms with Crippen LogP contribution in [0.15, 0.2) is 24.3 Å². The molecule has 0 atom stereocenters. The van der Waals surface area contributed by atoms with Crippen molar-refractivity contribution in [3.8, 4) is 0 Å². The average Bonchev–Trinajstić information content (AvgIpc) is 2.95. The quantitative estimate of drug-likeness (QED) is 0.852. The molecule has 0 N–H and O–H groups in total. The van der Waals surface area contributed by atoms with Crippen molar-refractivity contribution in [1.29, 1.82) is 0 Å². The molecule has 8 heteroatoms. The number of piperazine rings is 1. The zero-order valence-corrected chi connectivity index (χ0v) is 13.3. The molecule has 1 aliphatic rings. The van der Waals surface area contributed by atoms with Gasteiger partial charge in [0.15, 0.2) is 0 Å². The lowest BCUT2D eigenvalue weighted by molar-refractivity contribution is -0.135. The summed E-state index contributed by atoms with van der Waals surface area (Å²) in [7, 11) is 0. The zero-order chi connectivity index (χ0) is 16.4. The number of rotatable bonds is 3. The van der Waals surface area contributed by atoms with Crippen LogP contribution < -0.4 is 0 Å². The van der Waals surface area contributed by atoms with Gasteiger partial charge in [0, 0.05) is 19.6 Å². The summed E-state index contributed by atoms with van der Waals surface area (Å²) in [5, 5.41) is 3.82. The van der Waals surface area contributed by atoms with Crippen molar-refractivity contribution < 1.29 is 14.0 Å². The number of aromatic nitrogens is 2. The Bertz CT molecular complexity index is 749. The van der Waals surface area contributed by atoms with Gasteiger partial charge in [-0.05, 0) is 36.2 Å². The fraction of sp³-hybridized carbons (Fsp3) is 0.333. The Morgan fingerprint density at radius 1 is 1.39 bits per heavy atom. The largest absolute Gasteiger partial charge is 0.335 e. The maximum absolute atomic E-state index is 13.2. The summed E-state index contributed by atoms with van der Waals surface area (Å²) in [5.41, 5.74) is 1.32. The van der Waals surface area contributed by atoms with Crippen LogP contribution >= 0.6 is 11.5 Å². The van der Waals surface area contributed by atoms with Crippen molar-refractivity contribution in [2.24, 2.45) is 0 Å². The number of aryl methyl sites for hydroxylation is 1. The van der Waals surface area contributed by atoms with E-state index in [1.54, 1.807) is 24.0 Å². The predicted molar refractivity (Wildman–Crippen MR) is 82.4 cm³/mol. The Balaban J connectivity index is 1.64. The average molecular weight is 334 g/mol. The van der Waals surface area contributed by atoms with Crippen molar-refractivity contribution >= 4 is 23.3 Å². The molecule has 1 saturated heterocycles. The SMILES string of the molecule is Cc1nnsc1C(=O)N1CCN(Cc2cccc(F)c2)C(=O)C1. The summed E-state index contributed by atoms with van der Waals surface area (Å²) in [4.78, 5) is 28.2. The van der Waals surface area contributed by atoms with Crippen molar-refractivity contribution in [3.05, 3.63) is 46.2 Å². The van der Waals surface area contributed by atoms with Crippen molar-refractivity contribution in [3.63, 3.8) is 0 Å². The molecular formula is C15H15FN4O2S. The first-order chi connectivity index (χ1) is 11.0. The minimum absolute atomic E-state index is 0.0193. The normalized spacial score (nSPS) is 15.1. The van der Waals surface area contributed by atoms with Gasteiger partial charge in [-0.3, -0.25) is 9.59 Å². The third-order valence-electron chi connectivity index (χ3n) is 3.71. The maximum atomic E-state index is 13.2. The Morgan fingerprint density at radius 2 is 2.22 bits per heavy atom. The van der Waals surface area contributed by atoms with Crippen LogP contribution in [-0.2, 0) is 11.3 Å². The molecule has 0 radical (unpaired) electrons. The molecule has 0 unspecified atom stereocenters. The monoisotopic (exact) mass is 334 g/mol. The van der Waals surface area contributed by atoms with Crippen molar-refractivity contribution in [2.75, 3.05) is 19.6 Å². The highest BCUT2D eigenvalue weighted by molar-refractivity contribution is 7.07. The lowest BCUT2D eigenvalue weighted by Gasteiger charge is -2.34. The molecule has 2 heterocycles. The molecule has 1 aromatic carbocycles. The molecule has 1 fully saturated rings. The van der Waals surface area contributed by atoms with Crippen LogP contribution in [0.25, 0.3) is 0 Å². The van der Waals surface area contributed by atoms with Gasteiger partial charge < -0.3 is 9.80 Å². The summed E-state index contributed by atoms with van der Waals surface area (Å²) in [6.07, 6.45) is 0. The highest BCUT2D eigenvalue weighted by Crippen LogP contribution is 2.16. The molecular weight excluding hydrogens is 319 g/mol. The van der Waals surface area contributed by atoms with E-state index >= 15 is 0 Å². The Hall–Kier alpha value is -2.35. The lowest BCUT2D eigenvalue weighted by atomic mass is 10.2. The number of nitrogens with zero attached hydrogens (tertiary/aromatic N) is 4. The summed E-state index contributed by atoms with van der Waals surface area (Å²) in [5.74, 6) is -0.683. The van der Waals surface area contributed by atoms with Gasteiger partial charge in [-0.1, -0.05) is 16.6 Å². The second-order valence-electron chi connectivity index (χ2n) is 5.36. The molecule has 0 spiro atoms. The van der Waals surface area contributed by atoms with Crippen LogP contribution in [-0.4, -0.2) is 50.8 Å². The first kappa shape index (κ1) is 15.5. The molecule has 2 amide bonds. The maximum Gasteiger partial charge on any atom is 0.268 e. The summed E-state index contributed by atoms with van der Waals surface area (Å²) in [6, 6.07) is 6.18. The fourth-order valence-electron chi connectivity index (χ4n) is 2.48. The first-order valence-corrected chi connectivity index (χ1v) is 7.92. The van der Waals surface area contributed by atoms with Crippen LogP contribution in [0.3, 0.4) is 0 Å². The molecule has 3 rings (SSSR count). The Kier molecular flexibility index (Phi) is 4.33. The molecule has 2 aromatic rings. The number of benzene rings is 1. The summed E-state index contributed by atoms with van der Waals surface area (Å²) < 4.78 is 17.0. The van der Waals surface area contributed by atoms with Crippen LogP contribution in [0.4, 0.5) is 4.39 Å². The van der Waals surface area contributed by atoms with Gasteiger partial charge in [-0.25, -0.2) is 4.39 Å². The molecule has 0 bridgehead atoms. The Labute approximate surface area is 136 Å². The van der Waals surface area contributed by atoms with Crippen molar-refractivity contribution in [2.45, 2.75) is 13.5 Å². The number of halogens is 1. The zero-order valence-electron chi connectivity index (χ0n) is 12.5.